The lowest BCUT2D eigenvalue weighted by atomic mass is 9.92. The van der Waals surface area contributed by atoms with Crippen LogP contribution < -0.4 is 5.73 Å². The maximum Gasteiger partial charge on any atom is 0.267 e. The van der Waals surface area contributed by atoms with Crippen LogP contribution in [0.3, 0.4) is 0 Å². The fourth-order valence-corrected chi connectivity index (χ4v) is 3.22. The molecule has 0 spiro atoms. The van der Waals surface area contributed by atoms with Crippen molar-refractivity contribution in [3.63, 3.8) is 0 Å². The first kappa shape index (κ1) is 14.4. The number of hydrogen-bond acceptors (Lipinski definition) is 5. The Morgan fingerprint density at radius 2 is 2.42 bits per heavy atom. The van der Waals surface area contributed by atoms with E-state index < -0.39 is 0 Å². The van der Waals surface area contributed by atoms with Gasteiger partial charge in [-0.1, -0.05) is 17.8 Å². The second-order valence-corrected chi connectivity index (χ2v) is 6.07. The number of aromatic nitrogens is 2. The summed E-state index contributed by atoms with van der Waals surface area (Å²) in [6.45, 7) is 5.70. The topological polar surface area (TPSA) is 72.1 Å². The molecular weight excluding hydrogens is 260 g/mol. The lowest BCUT2D eigenvalue weighted by molar-refractivity contribution is 0.0664. The molecule has 1 aliphatic rings. The van der Waals surface area contributed by atoms with Gasteiger partial charge in [-0.05, 0) is 43.6 Å². The SMILES string of the molecule is CCCc1nnsc1C(=O)N1CCCC(C(C)N)C1. The van der Waals surface area contributed by atoms with E-state index in [1.807, 2.05) is 11.8 Å². The third kappa shape index (κ3) is 3.30. The second-order valence-electron chi connectivity index (χ2n) is 5.31. The smallest absolute Gasteiger partial charge is 0.267 e. The summed E-state index contributed by atoms with van der Waals surface area (Å²) in [5, 5.41) is 4.07. The molecular formula is C13H22N4OS. The van der Waals surface area contributed by atoms with Crippen LogP contribution in [-0.2, 0) is 6.42 Å². The minimum atomic E-state index is 0.0869. The first-order valence-corrected chi connectivity index (χ1v) is 7.77. The average Bonchev–Trinajstić information content (AvgIpc) is 2.86. The van der Waals surface area contributed by atoms with Crippen molar-refractivity contribution in [2.24, 2.45) is 11.7 Å². The number of hydrogen-bond donors (Lipinski definition) is 1. The molecule has 1 amide bonds. The molecule has 1 saturated heterocycles. The molecule has 0 radical (unpaired) electrons. The van der Waals surface area contributed by atoms with Gasteiger partial charge in [0.25, 0.3) is 5.91 Å². The number of piperidine rings is 1. The number of likely N-dealkylation sites (tertiary alicyclic amines) is 1. The molecule has 0 aromatic carbocycles. The highest BCUT2D eigenvalue weighted by Gasteiger charge is 2.28. The van der Waals surface area contributed by atoms with Crippen molar-refractivity contribution in [2.45, 2.75) is 45.6 Å². The highest BCUT2D eigenvalue weighted by Crippen LogP contribution is 2.22. The van der Waals surface area contributed by atoms with Crippen LogP contribution >= 0.6 is 11.5 Å². The zero-order valence-electron chi connectivity index (χ0n) is 11.6. The molecule has 0 aliphatic carbocycles. The second kappa shape index (κ2) is 6.43. The van der Waals surface area contributed by atoms with E-state index in [4.69, 9.17) is 5.73 Å². The van der Waals surface area contributed by atoms with Crippen LogP contribution in [0.15, 0.2) is 0 Å². The fraction of sp³-hybridized carbons (Fsp3) is 0.769. The van der Waals surface area contributed by atoms with Gasteiger partial charge in [0.2, 0.25) is 0 Å². The minimum Gasteiger partial charge on any atom is -0.338 e. The number of aryl methyl sites for hydroxylation is 1. The van der Waals surface area contributed by atoms with E-state index in [1.165, 1.54) is 11.5 Å². The summed E-state index contributed by atoms with van der Waals surface area (Å²) in [5.41, 5.74) is 6.81. The van der Waals surface area contributed by atoms with Crippen molar-refractivity contribution in [1.82, 2.24) is 14.5 Å². The molecule has 1 aromatic heterocycles. The minimum absolute atomic E-state index is 0.0869. The number of carbonyl (C=O) groups excluding carboxylic acids is 1. The predicted molar refractivity (Wildman–Crippen MR) is 76.2 cm³/mol. The molecule has 0 bridgehead atoms. The third-order valence-corrected chi connectivity index (χ3v) is 4.48. The summed E-state index contributed by atoms with van der Waals surface area (Å²) in [7, 11) is 0. The van der Waals surface area contributed by atoms with Gasteiger partial charge >= 0.3 is 0 Å². The molecule has 19 heavy (non-hydrogen) atoms. The van der Waals surface area contributed by atoms with Crippen LogP contribution in [-0.4, -0.2) is 39.5 Å². The maximum absolute atomic E-state index is 12.5. The Hall–Kier alpha value is -1.01. The number of nitrogens with zero attached hydrogens (tertiary/aromatic N) is 3. The molecule has 1 aliphatic heterocycles. The van der Waals surface area contributed by atoms with Crippen LogP contribution in [0, 0.1) is 5.92 Å². The molecule has 2 N–H and O–H groups in total. The van der Waals surface area contributed by atoms with Crippen LogP contribution in [0.5, 0.6) is 0 Å². The molecule has 106 valence electrons. The van der Waals surface area contributed by atoms with Crippen molar-refractivity contribution in [3.8, 4) is 0 Å². The third-order valence-electron chi connectivity index (χ3n) is 3.73. The van der Waals surface area contributed by atoms with E-state index in [1.54, 1.807) is 0 Å². The maximum atomic E-state index is 12.5. The predicted octanol–water partition coefficient (Wildman–Crippen LogP) is 1.69. The summed E-state index contributed by atoms with van der Waals surface area (Å²) in [6, 6.07) is 0.144. The quantitative estimate of drug-likeness (QED) is 0.912. The van der Waals surface area contributed by atoms with Crippen LogP contribution in [0.4, 0.5) is 0 Å². The zero-order chi connectivity index (χ0) is 13.8. The van der Waals surface area contributed by atoms with Gasteiger partial charge in [-0.3, -0.25) is 4.79 Å². The van der Waals surface area contributed by atoms with Gasteiger partial charge in [-0.2, -0.15) is 0 Å². The lowest BCUT2D eigenvalue weighted by Gasteiger charge is -2.34. The molecule has 0 saturated carbocycles. The number of rotatable bonds is 4. The van der Waals surface area contributed by atoms with Crippen LogP contribution in [0.2, 0.25) is 0 Å². The Kier molecular flexibility index (Phi) is 4.87. The van der Waals surface area contributed by atoms with E-state index in [9.17, 15) is 4.79 Å². The van der Waals surface area contributed by atoms with E-state index in [0.717, 1.165) is 44.5 Å². The van der Waals surface area contributed by atoms with Crippen molar-refractivity contribution in [2.75, 3.05) is 13.1 Å². The average molecular weight is 282 g/mol. The molecule has 2 unspecified atom stereocenters. The number of amides is 1. The molecule has 5 nitrogen and oxygen atoms in total. The molecule has 1 fully saturated rings. The van der Waals surface area contributed by atoms with Crippen molar-refractivity contribution in [1.29, 1.82) is 0 Å². The normalized spacial score (nSPS) is 21.4. The molecule has 2 heterocycles. The lowest BCUT2D eigenvalue weighted by Crippen LogP contribution is -2.45. The van der Waals surface area contributed by atoms with E-state index in [-0.39, 0.29) is 11.9 Å². The Morgan fingerprint density at radius 1 is 1.63 bits per heavy atom. The van der Waals surface area contributed by atoms with Gasteiger partial charge < -0.3 is 10.6 Å². The Balaban J connectivity index is 2.08. The monoisotopic (exact) mass is 282 g/mol. The largest absolute Gasteiger partial charge is 0.338 e. The van der Waals surface area contributed by atoms with E-state index in [0.29, 0.717) is 10.8 Å². The highest BCUT2D eigenvalue weighted by atomic mass is 32.1. The number of carbonyl (C=O) groups is 1. The van der Waals surface area contributed by atoms with Gasteiger partial charge in [-0.25, -0.2) is 0 Å². The first-order chi connectivity index (χ1) is 9.13. The first-order valence-electron chi connectivity index (χ1n) is 6.99. The molecule has 6 heteroatoms. The standard InChI is InChI=1S/C13H22N4OS/c1-3-5-11-12(19-16-15-11)13(18)17-7-4-6-10(8-17)9(2)14/h9-10H,3-8,14H2,1-2H3. The number of nitrogens with two attached hydrogens (primary N) is 1. The summed E-state index contributed by atoms with van der Waals surface area (Å²) >= 11 is 1.22. The molecule has 1 aromatic rings. The van der Waals surface area contributed by atoms with E-state index >= 15 is 0 Å². The molecule has 2 atom stereocenters. The van der Waals surface area contributed by atoms with Crippen LogP contribution in [0.1, 0.15) is 48.5 Å². The highest BCUT2D eigenvalue weighted by molar-refractivity contribution is 7.08. The van der Waals surface area contributed by atoms with Crippen molar-refractivity contribution < 1.29 is 4.79 Å². The zero-order valence-corrected chi connectivity index (χ0v) is 12.4. The van der Waals surface area contributed by atoms with Crippen molar-refractivity contribution >= 4 is 17.4 Å². The Labute approximate surface area is 118 Å². The Bertz CT molecular complexity index is 432. The summed E-state index contributed by atoms with van der Waals surface area (Å²) < 4.78 is 3.93. The Morgan fingerprint density at radius 3 is 3.11 bits per heavy atom. The molecule has 2 rings (SSSR count). The van der Waals surface area contributed by atoms with Gasteiger partial charge in [0.05, 0.1) is 5.69 Å². The van der Waals surface area contributed by atoms with Gasteiger partial charge in [0.1, 0.15) is 4.88 Å². The van der Waals surface area contributed by atoms with Gasteiger partial charge in [0.15, 0.2) is 0 Å². The van der Waals surface area contributed by atoms with E-state index in [2.05, 4.69) is 16.5 Å². The summed E-state index contributed by atoms with van der Waals surface area (Å²) in [5.74, 6) is 0.497. The van der Waals surface area contributed by atoms with Gasteiger partial charge in [-0.15, -0.1) is 5.10 Å². The van der Waals surface area contributed by atoms with Crippen LogP contribution in [0.25, 0.3) is 0 Å². The van der Waals surface area contributed by atoms with Crippen molar-refractivity contribution in [3.05, 3.63) is 10.6 Å². The van der Waals surface area contributed by atoms with Gasteiger partial charge in [0, 0.05) is 19.1 Å². The summed E-state index contributed by atoms with van der Waals surface area (Å²) in [6.07, 6.45) is 3.95. The summed E-state index contributed by atoms with van der Waals surface area (Å²) in [4.78, 5) is 15.2. The fourth-order valence-electron chi connectivity index (χ4n) is 2.54.